The highest BCUT2D eigenvalue weighted by Crippen LogP contribution is 2.26. The summed E-state index contributed by atoms with van der Waals surface area (Å²) in [5.74, 6) is 1.98. The van der Waals surface area contributed by atoms with Crippen LogP contribution in [0.25, 0.3) is 0 Å². The molecule has 2 N–H and O–H groups in total. The van der Waals surface area contributed by atoms with Crippen LogP contribution in [-0.4, -0.2) is 28.6 Å². The number of nitrogens with zero attached hydrogens (tertiary/aromatic N) is 2. The molecule has 0 aliphatic carbocycles. The molecule has 1 aromatic rings. The fourth-order valence-corrected chi connectivity index (χ4v) is 2.11. The maximum atomic E-state index is 6.12. The van der Waals surface area contributed by atoms with E-state index in [9.17, 15) is 0 Å². The molecule has 1 atom stereocenters. The third kappa shape index (κ3) is 2.56. The van der Waals surface area contributed by atoms with Gasteiger partial charge < -0.3 is 15.0 Å². The van der Waals surface area contributed by atoms with Crippen molar-refractivity contribution >= 4 is 11.8 Å². The number of aromatic nitrogens is 2. The van der Waals surface area contributed by atoms with Gasteiger partial charge in [-0.1, -0.05) is 19.0 Å². The number of thioether (sulfide) groups is 1. The topological polar surface area (TPSA) is 74.2 Å². The third-order valence-corrected chi connectivity index (χ3v) is 3.58. The SMILES string of the molecule is CC(C)SCc1noc(C2(N)CCOC2)n1. The summed E-state index contributed by atoms with van der Waals surface area (Å²) >= 11 is 1.78. The van der Waals surface area contributed by atoms with Crippen LogP contribution in [-0.2, 0) is 16.0 Å². The predicted octanol–water partition coefficient (Wildman–Crippen LogP) is 1.29. The average molecular weight is 243 g/mol. The molecule has 1 aliphatic rings. The molecule has 1 aliphatic heterocycles. The van der Waals surface area contributed by atoms with Crippen LogP contribution in [0.5, 0.6) is 0 Å². The number of rotatable bonds is 4. The van der Waals surface area contributed by atoms with Crippen LogP contribution in [0, 0.1) is 0 Å². The molecule has 0 saturated carbocycles. The van der Waals surface area contributed by atoms with Crippen LogP contribution in [0.1, 0.15) is 32.0 Å². The molecule has 2 heterocycles. The van der Waals surface area contributed by atoms with E-state index in [1.54, 1.807) is 11.8 Å². The van der Waals surface area contributed by atoms with Gasteiger partial charge >= 0.3 is 0 Å². The first kappa shape index (κ1) is 11.9. The molecule has 0 bridgehead atoms. The molecule has 16 heavy (non-hydrogen) atoms. The molecule has 1 saturated heterocycles. The first-order valence-corrected chi connectivity index (χ1v) is 6.46. The minimum atomic E-state index is -0.576. The number of nitrogens with two attached hydrogens (primary N) is 1. The molecule has 2 rings (SSSR count). The molecule has 0 amide bonds. The lowest BCUT2D eigenvalue weighted by atomic mass is 10.0. The van der Waals surface area contributed by atoms with Crippen LogP contribution in [0.2, 0.25) is 0 Å². The van der Waals surface area contributed by atoms with Gasteiger partial charge in [0.25, 0.3) is 0 Å². The molecule has 0 aromatic carbocycles. The largest absolute Gasteiger partial charge is 0.379 e. The summed E-state index contributed by atoms with van der Waals surface area (Å²) < 4.78 is 10.5. The van der Waals surface area contributed by atoms with Crippen molar-refractivity contribution in [3.05, 3.63) is 11.7 Å². The highest BCUT2D eigenvalue weighted by atomic mass is 32.2. The van der Waals surface area contributed by atoms with E-state index in [0.717, 1.165) is 12.2 Å². The second kappa shape index (κ2) is 4.73. The highest BCUT2D eigenvalue weighted by Gasteiger charge is 2.38. The van der Waals surface area contributed by atoms with Crippen molar-refractivity contribution in [3.8, 4) is 0 Å². The molecule has 1 fully saturated rings. The molecule has 0 radical (unpaired) electrons. The fourth-order valence-electron chi connectivity index (χ4n) is 1.51. The highest BCUT2D eigenvalue weighted by molar-refractivity contribution is 7.99. The van der Waals surface area contributed by atoms with Crippen molar-refractivity contribution < 1.29 is 9.26 Å². The summed E-state index contributed by atoms with van der Waals surface area (Å²) in [7, 11) is 0. The Kier molecular flexibility index (Phi) is 3.51. The van der Waals surface area contributed by atoms with Gasteiger partial charge in [0.05, 0.1) is 12.4 Å². The van der Waals surface area contributed by atoms with Gasteiger partial charge in [-0.3, -0.25) is 0 Å². The van der Waals surface area contributed by atoms with Crippen LogP contribution in [0.3, 0.4) is 0 Å². The first-order valence-electron chi connectivity index (χ1n) is 5.41. The minimum absolute atomic E-state index is 0.464. The molecular formula is C10H17N3O2S. The maximum absolute atomic E-state index is 6.12. The quantitative estimate of drug-likeness (QED) is 0.858. The molecule has 0 spiro atoms. The van der Waals surface area contributed by atoms with Crippen LogP contribution < -0.4 is 5.73 Å². The number of hydrogen-bond donors (Lipinski definition) is 1. The Hall–Kier alpha value is -0.590. The molecule has 6 heteroatoms. The van der Waals surface area contributed by atoms with E-state index in [4.69, 9.17) is 15.0 Å². The Bertz CT molecular complexity index is 348. The van der Waals surface area contributed by atoms with Gasteiger partial charge in [0.15, 0.2) is 5.82 Å². The molecular weight excluding hydrogens is 226 g/mol. The van der Waals surface area contributed by atoms with Crippen molar-refractivity contribution in [1.29, 1.82) is 0 Å². The zero-order chi connectivity index (χ0) is 11.6. The Labute approximate surface area is 99.1 Å². The molecule has 1 unspecified atom stereocenters. The van der Waals surface area contributed by atoms with E-state index in [1.807, 2.05) is 0 Å². The average Bonchev–Trinajstić information content (AvgIpc) is 2.84. The van der Waals surface area contributed by atoms with Gasteiger partial charge in [0.1, 0.15) is 5.54 Å². The second-order valence-corrected chi connectivity index (χ2v) is 5.90. The van der Waals surface area contributed by atoms with Crippen LogP contribution >= 0.6 is 11.8 Å². The zero-order valence-electron chi connectivity index (χ0n) is 9.60. The normalized spacial score (nSPS) is 25.5. The van der Waals surface area contributed by atoms with Crippen molar-refractivity contribution in [3.63, 3.8) is 0 Å². The fraction of sp³-hybridized carbons (Fsp3) is 0.800. The lowest BCUT2D eigenvalue weighted by molar-refractivity contribution is 0.166. The predicted molar refractivity (Wildman–Crippen MR) is 62.0 cm³/mol. The van der Waals surface area contributed by atoms with Gasteiger partial charge in [-0.2, -0.15) is 16.7 Å². The van der Waals surface area contributed by atoms with Gasteiger partial charge in [0, 0.05) is 6.61 Å². The van der Waals surface area contributed by atoms with Crippen molar-refractivity contribution in [2.24, 2.45) is 5.73 Å². The lowest BCUT2D eigenvalue weighted by Crippen LogP contribution is -2.37. The van der Waals surface area contributed by atoms with E-state index in [2.05, 4.69) is 24.0 Å². The minimum Gasteiger partial charge on any atom is -0.379 e. The summed E-state index contributed by atoms with van der Waals surface area (Å²) in [5.41, 5.74) is 5.55. The summed E-state index contributed by atoms with van der Waals surface area (Å²) in [5, 5.41) is 4.49. The van der Waals surface area contributed by atoms with E-state index in [-0.39, 0.29) is 0 Å². The monoisotopic (exact) mass is 243 g/mol. The summed E-state index contributed by atoms with van der Waals surface area (Å²) in [6, 6.07) is 0. The smallest absolute Gasteiger partial charge is 0.249 e. The Morgan fingerprint density at radius 1 is 1.56 bits per heavy atom. The van der Waals surface area contributed by atoms with Crippen molar-refractivity contribution in [1.82, 2.24) is 10.1 Å². The molecule has 1 aromatic heterocycles. The van der Waals surface area contributed by atoms with Gasteiger partial charge in [-0.05, 0) is 11.7 Å². The summed E-state index contributed by atoms with van der Waals surface area (Å²) in [6.45, 7) is 5.41. The van der Waals surface area contributed by atoms with Gasteiger partial charge in [-0.25, -0.2) is 0 Å². The van der Waals surface area contributed by atoms with Gasteiger partial charge in [0.2, 0.25) is 5.89 Å². The Morgan fingerprint density at radius 3 is 3.00 bits per heavy atom. The van der Waals surface area contributed by atoms with Gasteiger partial charge in [-0.15, -0.1) is 0 Å². The van der Waals surface area contributed by atoms with E-state index < -0.39 is 5.54 Å². The second-order valence-electron chi connectivity index (χ2n) is 4.33. The Morgan fingerprint density at radius 2 is 2.38 bits per heavy atom. The standard InChI is InChI=1S/C10H17N3O2S/c1-7(2)16-5-8-12-9(15-13-8)10(11)3-4-14-6-10/h7H,3-6,11H2,1-2H3. The zero-order valence-corrected chi connectivity index (χ0v) is 10.4. The lowest BCUT2D eigenvalue weighted by Gasteiger charge is -2.14. The van der Waals surface area contributed by atoms with Crippen molar-refractivity contribution in [2.75, 3.05) is 13.2 Å². The van der Waals surface area contributed by atoms with E-state index >= 15 is 0 Å². The molecule has 5 nitrogen and oxygen atoms in total. The third-order valence-electron chi connectivity index (χ3n) is 2.49. The van der Waals surface area contributed by atoms with Crippen molar-refractivity contribution in [2.45, 2.75) is 36.8 Å². The summed E-state index contributed by atoms with van der Waals surface area (Å²) in [4.78, 5) is 4.33. The summed E-state index contributed by atoms with van der Waals surface area (Å²) in [6.07, 6.45) is 0.742. The van der Waals surface area contributed by atoms with E-state index in [0.29, 0.717) is 30.2 Å². The first-order chi connectivity index (χ1) is 7.60. The molecule has 90 valence electrons. The number of ether oxygens (including phenoxy) is 1. The van der Waals surface area contributed by atoms with Crippen LogP contribution in [0.15, 0.2) is 4.52 Å². The van der Waals surface area contributed by atoms with E-state index in [1.165, 1.54) is 0 Å². The maximum Gasteiger partial charge on any atom is 0.249 e. The number of hydrogen-bond acceptors (Lipinski definition) is 6. The Balaban J connectivity index is 2.01. The van der Waals surface area contributed by atoms with Crippen LogP contribution in [0.4, 0.5) is 0 Å².